The van der Waals surface area contributed by atoms with Crippen LogP contribution in [0.1, 0.15) is 23.1 Å². The minimum Gasteiger partial charge on any atom is -0.342 e. The first-order valence-electron chi connectivity index (χ1n) is 6.98. The molecule has 2 heterocycles. The maximum atomic E-state index is 6.23. The van der Waals surface area contributed by atoms with Crippen molar-refractivity contribution in [3.63, 3.8) is 0 Å². The molecule has 21 heavy (non-hydrogen) atoms. The molecule has 1 unspecified atom stereocenters. The van der Waals surface area contributed by atoms with E-state index in [1.165, 1.54) is 0 Å². The third-order valence-corrected chi connectivity index (χ3v) is 3.57. The van der Waals surface area contributed by atoms with Gasteiger partial charge in [0.2, 0.25) is 0 Å². The number of H-pyrrole nitrogens is 1. The Hall–Kier alpha value is -2.40. The van der Waals surface area contributed by atoms with Gasteiger partial charge >= 0.3 is 0 Å². The fraction of sp³-hybridized carbons (Fsp3) is 0.250. The number of nitrogens with two attached hydrogens (primary N) is 1. The minimum atomic E-state index is -0.0554. The Morgan fingerprint density at radius 2 is 2.05 bits per heavy atom. The summed E-state index contributed by atoms with van der Waals surface area (Å²) >= 11 is 0. The Bertz CT molecular complexity index is 726. The van der Waals surface area contributed by atoms with Gasteiger partial charge in [0, 0.05) is 31.3 Å². The largest absolute Gasteiger partial charge is 0.342 e. The molecule has 5 heteroatoms. The number of benzene rings is 1. The van der Waals surface area contributed by atoms with Crippen LogP contribution in [0, 0.1) is 6.92 Å². The van der Waals surface area contributed by atoms with Gasteiger partial charge in [-0.1, -0.05) is 30.3 Å². The van der Waals surface area contributed by atoms with Gasteiger partial charge in [-0.3, -0.25) is 4.68 Å². The van der Waals surface area contributed by atoms with E-state index in [9.17, 15) is 0 Å². The van der Waals surface area contributed by atoms with Crippen LogP contribution in [-0.4, -0.2) is 19.7 Å². The Kier molecular flexibility index (Phi) is 3.58. The highest BCUT2D eigenvalue weighted by Gasteiger charge is 2.12. The summed E-state index contributed by atoms with van der Waals surface area (Å²) in [6, 6.07) is 10.0. The van der Waals surface area contributed by atoms with Crippen LogP contribution < -0.4 is 5.73 Å². The van der Waals surface area contributed by atoms with Crippen LogP contribution in [0.15, 0.2) is 42.7 Å². The molecule has 0 amide bonds. The molecule has 108 valence electrons. The van der Waals surface area contributed by atoms with Gasteiger partial charge in [-0.25, -0.2) is 4.98 Å². The predicted octanol–water partition coefficient (Wildman–Crippen LogP) is 2.36. The molecule has 0 saturated carbocycles. The zero-order valence-electron chi connectivity index (χ0n) is 12.2. The second kappa shape index (κ2) is 5.54. The summed E-state index contributed by atoms with van der Waals surface area (Å²) in [7, 11) is 1.92. The standard InChI is InChI=1S/C16H19N5/c1-11-13(10-21(2)20-11)15-9-18-16(19-15)8-14(17)12-6-4-3-5-7-12/h3-7,9-10,14H,8,17H2,1-2H3,(H,18,19). The number of hydrogen-bond donors (Lipinski definition) is 2. The maximum Gasteiger partial charge on any atom is 0.108 e. The van der Waals surface area contributed by atoms with Gasteiger partial charge < -0.3 is 10.7 Å². The molecule has 3 aromatic rings. The molecule has 0 aliphatic rings. The van der Waals surface area contributed by atoms with Gasteiger partial charge in [0.15, 0.2) is 0 Å². The van der Waals surface area contributed by atoms with E-state index in [0.717, 1.165) is 28.3 Å². The molecule has 0 spiro atoms. The number of aryl methyl sites for hydroxylation is 2. The lowest BCUT2D eigenvalue weighted by Gasteiger charge is -2.09. The third-order valence-electron chi connectivity index (χ3n) is 3.57. The van der Waals surface area contributed by atoms with Crippen LogP contribution in [0.5, 0.6) is 0 Å². The van der Waals surface area contributed by atoms with Crippen LogP contribution in [0.25, 0.3) is 11.3 Å². The van der Waals surface area contributed by atoms with Crippen molar-refractivity contribution < 1.29 is 0 Å². The van der Waals surface area contributed by atoms with Crippen molar-refractivity contribution in [2.24, 2.45) is 12.8 Å². The molecule has 0 radical (unpaired) electrons. The van der Waals surface area contributed by atoms with Crippen LogP contribution in [0.2, 0.25) is 0 Å². The number of hydrogen-bond acceptors (Lipinski definition) is 3. The summed E-state index contributed by atoms with van der Waals surface area (Å²) in [5.74, 6) is 0.893. The number of nitrogens with zero attached hydrogens (tertiary/aromatic N) is 3. The molecule has 1 aromatic carbocycles. The molecule has 0 aliphatic heterocycles. The summed E-state index contributed by atoms with van der Waals surface area (Å²) in [5.41, 5.74) is 10.4. The maximum absolute atomic E-state index is 6.23. The Morgan fingerprint density at radius 3 is 2.71 bits per heavy atom. The lowest BCUT2D eigenvalue weighted by molar-refractivity contribution is 0.695. The zero-order valence-corrected chi connectivity index (χ0v) is 12.2. The fourth-order valence-electron chi connectivity index (χ4n) is 2.49. The SMILES string of the molecule is Cc1nn(C)cc1-c1cnc(CC(N)c2ccccc2)[nH]1. The van der Waals surface area contributed by atoms with Gasteiger partial charge in [-0.15, -0.1) is 0 Å². The van der Waals surface area contributed by atoms with Crippen LogP contribution in [-0.2, 0) is 13.5 Å². The third kappa shape index (κ3) is 2.87. The molecule has 0 aliphatic carbocycles. The number of aromatic nitrogens is 4. The Morgan fingerprint density at radius 1 is 1.29 bits per heavy atom. The van der Waals surface area contributed by atoms with Crippen LogP contribution >= 0.6 is 0 Å². The first kappa shape index (κ1) is 13.6. The number of rotatable bonds is 4. The molecule has 3 rings (SSSR count). The molecule has 5 nitrogen and oxygen atoms in total. The van der Waals surface area contributed by atoms with Crippen molar-refractivity contribution in [2.75, 3.05) is 0 Å². The summed E-state index contributed by atoms with van der Waals surface area (Å²) in [6.45, 7) is 1.99. The first-order chi connectivity index (χ1) is 10.1. The van der Waals surface area contributed by atoms with Gasteiger partial charge in [-0.2, -0.15) is 5.10 Å². The monoisotopic (exact) mass is 281 g/mol. The number of aromatic amines is 1. The lowest BCUT2D eigenvalue weighted by Crippen LogP contribution is -2.13. The van der Waals surface area contributed by atoms with Crippen molar-refractivity contribution in [3.8, 4) is 11.3 Å². The number of imidazole rings is 1. The summed E-state index contributed by atoms with van der Waals surface area (Å²) in [6.07, 6.45) is 4.52. The Labute approximate surface area is 123 Å². The van der Waals surface area contributed by atoms with Gasteiger partial charge in [-0.05, 0) is 12.5 Å². The average molecular weight is 281 g/mol. The predicted molar refractivity (Wildman–Crippen MR) is 82.6 cm³/mol. The quantitative estimate of drug-likeness (QED) is 0.771. The second-order valence-corrected chi connectivity index (χ2v) is 5.27. The smallest absolute Gasteiger partial charge is 0.108 e. The van der Waals surface area contributed by atoms with E-state index < -0.39 is 0 Å². The van der Waals surface area contributed by atoms with E-state index in [-0.39, 0.29) is 6.04 Å². The highest BCUT2D eigenvalue weighted by Crippen LogP contribution is 2.21. The molecular weight excluding hydrogens is 262 g/mol. The van der Waals surface area contributed by atoms with Crippen molar-refractivity contribution in [3.05, 3.63) is 59.8 Å². The van der Waals surface area contributed by atoms with E-state index in [0.29, 0.717) is 6.42 Å². The summed E-state index contributed by atoms with van der Waals surface area (Å²) < 4.78 is 1.81. The molecule has 3 N–H and O–H groups in total. The van der Waals surface area contributed by atoms with Crippen molar-refractivity contribution in [1.82, 2.24) is 19.7 Å². The van der Waals surface area contributed by atoms with Crippen molar-refractivity contribution in [1.29, 1.82) is 0 Å². The van der Waals surface area contributed by atoms with E-state index >= 15 is 0 Å². The molecule has 0 bridgehead atoms. The molecule has 1 atom stereocenters. The van der Waals surface area contributed by atoms with Crippen molar-refractivity contribution in [2.45, 2.75) is 19.4 Å². The zero-order chi connectivity index (χ0) is 14.8. The first-order valence-corrected chi connectivity index (χ1v) is 6.98. The minimum absolute atomic E-state index is 0.0554. The lowest BCUT2D eigenvalue weighted by atomic mass is 10.0. The second-order valence-electron chi connectivity index (χ2n) is 5.27. The average Bonchev–Trinajstić information content (AvgIpc) is 3.06. The van der Waals surface area contributed by atoms with Gasteiger partial charge in [0.05, 0.1) is 17.6 Å². The van der Waals surface area contributed by atoms with E-state index in [1.54, 1.807) is 4.68 Å². The van der Waals surface area contributed by atoms with E-state index in [1.807, 2.05) is 56.7 Å². The molecular formula is C16H19N5. The summed E-state index contributed by atoms with van der Waals surface area (Å²) in [5, 5.41) is 4.35. The molecule has 2 aromatic heterocycles. The normalized spacial score (nSPS) is 12.5. The highest BCUT2D eigenvalue weighted by molar-refractivity contribution is 5.60. The Balaban J connectivity index is 1.78. The highest BCUT2D eigenvalue weighted by atomic mass is 15.2. The molecule has 0 saturated heterocycles. The summed E-state index contributed by atoms with van der Waals surface area (Å²) in [4.78, 5) is 7.78. The van der Waals surface area contributed by atoms with E-state index in [4.69, 9.17) is 5.73 Å². The van der Waals surface area contributed by atoms with Gasteiger partial charge in [0.1, 0.15) is 5.82 Å². The van der Waals surface area contributed by atoms with Crippen LogP contribution in [0.3, 0.4) is 0 Å². The number of nitrogens with one attached hydrogen (secondary N) is 1. The molecule has 0 fully saturated rings. The topological polar surface area (TPSA) is 72.5 Å². The van der Waals surface area contributed by atoms with E-state index in [2.05, 4.69) is 15.1 Å². The van der Waals surface area contributed by atoms with Crippen molar-refractivity contribution >= 4 is 0 Å². The van der Waals surface area contributed by atoms with Crippen LogP contribution in [0.4, 0.5) is 0 Å². The van der Waals surface area contributed by atoms with Gasteiger partial charge in [0.25, 0.3) is 0 Å². The fourth-order valence-corrected chi connectivity index (χ4v) is 2.49.